The van der Waals surface area contributed by atoms with E-state index in [1.54, 1.807) is 29.7 Å². The van der Waals surface area contributed by atoms with E-state index in [0.29, 0.717) is 44.0 Å². The molecule has 1 aromatic heterocycles. The number of ether oxygens (including phenoxy) is 1. The average Bonchev–Trinajstić information content (AvgIpc) is 2.96. The Bertz CT molecular complexity index is 1510. The number of para-hydroxylation sites is 1. The number of rotatable bonds is 8. The highest BCUT2D eigenvalue weighted by Crippen LogP contribution is 2.23. The van der Waals surface area contributed by atoms with Crippen LogP contribution >= 0.6 is 12.6 Å². The summed E-state index contributed by atoms with van der Waals surface area (Å²) in [6, 6.07) is 24.4. The van der Waals surface area contributed by atoms with Crippen molar-refractivity contribution in [1.82, 2.24) is 20.7 Å². The normalized spacial score (nSPS) is 17.4. The van der Waals surface area contributed by atoms with E-state index in [9.17, 15) is 14.8 Å². The first-order valence-electron chi connectivity index (χ1n) is 13.2. The Labute approximate surface area is 238 Å². The number of pyridine rings is 1. The number of hydroxylamine groups is 1. The zero-order chi connectivity index (χ0) is 28.1. The molecule has 9 heteroatoms. The van der Waals surface area contributed by atoms with E-state index in [1.807, 2.05) is 61.5 Å². The third-order valence-electron chi connectivity index (χ3n) is 7.22. The Morgan fingerprint density at radius 2 is 1.88 bits per heavy atom. The summed E-state index contributed by atoms with van der Waals surface area (Å²) in [7, 11) is 0. The maximum Gasteiger partial charge on any atom is 0.251 e. The van der Waals surface area contributed by atoms with Gasteiger partial charge in [-0.15, -0.1) is 12.6 Å². The number of hydrogen-bond acceptors (Lipinski definition) is 7. The van der Waals surface area contributed by atoms with E-state index >= 15 is 0 Å². The fraction of sp³-hybridized carbons (Fsp3) is 0.258. The second-order valence-electron chi connectivity index (χ2n) is 10.1. The highest BCUT2D eigenvalue weighted by molar-refractivity contribution is 7.80. The number of nitrogens with one attached hydrogen (secondary N) is 2. The number of aryl methyl sites for hydroxylation is 1. The van der Waals surface area contributed by atoms with Crippen LogP contribution in [0.25, 0.3) is 10.9 Å². The predicted octanol–water partition coefficient (Wildman–Crippen LogP) is 4.54. The van der Waals surface area contributed by atoms with Crippen LogP contribution in [0.1, 0.15) is 33.6 Å². The van der Waals surface area contributed by atoms with Crippen molar-refractivity contribution in [2.75, 3.05) is 13.1 Å². The minimum Gasteiger partial charge on any atom is -0.489 e. The Balaban J connectivity index is 1.23. The van der Waals surface area contributed by atoms with Crippen molar-refractivity contribution in [3.05, 3.63) is 101 Å². The molecule has 0 aliphatic carbocycles. The number of aromatic nitrogens is 1. The number of likely N-dealkylation sites (tertiary alicyclic amines) is 1. The summed E-state index contributed by atoms with van der Waals surface area (Å²) in [5.74, 6) is -0.683. The molecule has 1 fully saturated rings. The number of thiol groups is 1. The van der Waals surface area contributed by atoms with Crippen LogP contribution in [0.3, 0.4) is 0 Å². The van der Waals surface area contributed by atoms with Crippen molar-refractivity contribution in [3.8, 4) is 5.75 Å². The molecule has 3 N–H and O–H groups in total. The van der Waals surface area contributed by atoms with Crippen LogP contribution in [0, 0.1) is 12.8 Å². The molecule has 4 aromatic rings. The second-order valence-corrected chi connectivity index (χ2v) is 10.6. The number of benzene rings is 3. The standard InChI is InChI=1S/C31H32N4O4S/c1-20-15-23(26-7-2-3-8-28(26)32-20)19-39-24-11-9-22(10-12-24)30(36)33-29-18-35(14-13-27(29)31(37)34-38)17-21-5-4-6-25(40)16-21/h2-12,15-16,27,29,38,40H,13-14,17-19H2,1H3,(H,33,36)(H,34,37)/t27-,29+/m0/s1. The molecule has 0 radical (unpaired) electrons. The molecular formula is C31H32N4O4S. The van der Waals surface area contributed by atoms with Gasteiger partial charge in [-0.3, -0.25) is 24.7 Å². The number of nitrogens with zero attached hydrogens (tertiary/aromatic N) is 2. The molecule has 2 atom stereocenters. The second kappa shape index (κ2) is 12.5. The molecule has 0 saturated carbocycles. The first-order valence-corrected chi connectivity index (χ1v) is 13.7. The molecule has 1 aliphatic heterocycles. The maximum atomic E-state index is 13.2. The fourth-order valence-corrected chi connectivity index (χ4v) is 5.50. The van der Waals surface area contributed by atoms with Crippen molar-refractivity contribution in [2.24, 2.45) is 5.92 Å². The zero-order valence-electron chi connectivity index (χ0n) is 22.2. The van der Waals surface area contributed by atoms with E-state index in [-0.39, 0.29) is 5.91 Å². The Morgan fingerprint density at radius 3 is 2.65 bits per heavy atom. The van der Waals surface area contributed by atoms with Crippen LogP contribution in [0.2, 0.25) is 0 Å². The van der Waals surface area contributed by atoms with Gasteiger partial charge in [0.25, 0.3) is 5.91 Å². The summed E-state index contributed by atoms with van der Waals surface area (Å²) in [5.41, 5.74) is 6.22. The Hall–Kier alpha value is -3.92. The SMILES string of the molecule is Cc1cc(COc2ccc(C(=O)N[C@@H]3CN(Cc4cccc(S)c4)CC[C@@H]3C(=O)NO)cc2)c2ccccc2n1. The van der Waals surface area contributed by atoms with Crippen molar-refractivity contribution in [3.63, 3.8) is 0 Å². The van der Waals surface area contributed by atoms with Crippen LogP contribution in [-0.2, 0) is 17.9 Å². The molecule has 206 valence electrons. The summed E-state index contributed by atoms with van der Waals surface area (Å²) < 4.78 is 6.03. The molecule has 1 aliphatic rings. The predicted molar refractivity (Wildman–Crippen MR) is 156 cm³/mol. The molecule has 0 unspecified atom stereocenters. The van der Waals surface area contributed by atoms with E-state index in [2.05, 4.69) is 27.8 Å². The minimum atomic E-state index is -0.539. The van der Waals surface area contributed by atoms with Gasteiger partial charge in [-0.05, 0) is 74.0 Å². The van der Waals surface area contributed by atoms with E-state index in [1.165, 1.54) is 0 Å². The number of carbonyl (C=O) groups is 2. The molecule has 40 heavy (non-hydrogen) atoms. The molecule has 2 heterocycles. The van der Waals surface area contributed by atoms with Crippen molar-refractivity contribution >= 4 is 35.3 Å². The molecule has 2 amide bonds. The fourth-order valence-electron chi connectivity index (χ4n) is 5.25. The largest absolute Gasteiger partial charge is 0.489 e. The summed E-state index contributed by atoms with van der Waals surface area (Å²) in [4.78, 5) is 33.2. The number of hydrogen-bond donors (Lipinski definition) is 4. The molecule has 5 rings (SSSR count). The monoisotopic (exact) mass is 556 g/mol. The topological polar surface area (TPSA) is 104 Å². The van der Waals surface area contributed by atoms with E-state index < -0.39 is 17.9 Å². The smallest absolute Gasteiger partial charge is 0.251 e. The van der Waals surface area contributed by atoms with Gasteiger partial charge in [-0.2, -0.15) is 0 Å². The lowest BCUT2D eigenvalue weighted by atomic mass is 9.90. The third kappa shape index (κ3) is 6.62. The third-order valence-corrected chi connectivity index (χ3v) is 7.50. The average molecular weight is 557 g/mol. The summed E-state index contributed by atoms with van der Waals surface area (Å²) in [6.07, 6.45) is 0.508. The molecule has 3 aromatic carbocycles. The lowest BCUT2D eigenvalue weighted by Crippen LogP contribution is -2.56. The Kier molecular flexibility index (Phi) is 8.64. The van der Waals surface area contributed by atoms with Gasteiger partial charge in [0.05, 0.1) is 17.5 Å². The number of fused-ring (bicyclic) bond motifs is 1. The van der Waals surface area contributed by atoms with Crippen LogP contribution in [0.4, 0.5) is 0 Å². The van der Waals surface area contributed by atoms with Crippen molar-refractivity contribution in [2.45, 2.75) is 37.4 Å². The highest BCUT2D eigenvalue weighted by atomic mass is 32.1. The molecule has 0 bridgehead atoms. The van der Waals surface area contributed by atoms with Crippen LogP contribution in [0.15, 0.2) is 83.8 Å². The van der Waals surface area contributed by atoms with Crippen LogP contribution in [-0.4, -0.2) is 46.0 Å². The van der Waals surface area contributed by atoms with Gasteiger partial charge in [0, 0.05) is 40.2 Å². The quantitative estimate of drug-likeness (QED) is 0.144. The molecular weight excluding hydrogens is 524 g/mol. The summed E-state index contributed by atoms with van der Waals surface area (Å²) >= 11 is 4.42. The molecule has 0 spiro atoms. The summed E-state index contributed by atoms with van der Waals surface area (Å²) in [6.45, 7) is 4.15. The van der Waals surface area contributed by atoms with E-state index in [4.69, 9.17) is 4.74 Å². The summed E-state index contributed by atoms with van der Waals surface area (Å²) in [5, 5.41) is 13.3. The van der Waals surface area contributed by atoms with Crippen molar-refractivity contribution < 1.29 is 19.5 Å². The lowest BCUT2D eigenvalue weighted by molar-refractivity contribution is -0.135. The van der Waals surface area contributed by atoms with Gasteiger partial charge < -0.3 is 10.1 Å². The Morgan fingerprint density at radius 1 is 1.07 bits per heavy atom. The maximum absolute atomic E-state index is 13.2. The zero-order valence-corrected chi connectivity index (χ0v) is 23.1. The van der Waals surface area contributed by atoms with Crippen LogP contribution in [0.5, 0.6) is 5.75 Å². The number of amides is 2. The number of carbonyl (C=O) groups excluding carboxylic acids is 2. The number of piperidine rings is 1. The van der Waals surface area contributed by atoms with Gasteiger partial charge in [0.2, 0.25) is 5.91 Å². The lowest BCUT2D eigenvalue weighted by Gasteiger charge is -2.38. The molecule has 1 saturated heterocycles. The van der Waals surface area contributed by atoms with E-state index in [0.717, 1.165) is 32.6 Å². The van der Waals surface area contributed by atoms with Gasteiger partial charge in [-0.25, -0.2) is 5.48 Å². The first-order chi connectivity index (χ1) is 19.4. The molecule has 8 nitrogen and oxygen atoms in total. The first kappa shape index (κ1) is 27.6. The van der Waals surface area contributed by atoms with Gasteiger partial charge >= 0.3 is 0 Å². The van der Waals surface area contributed by atoms with Crippen LogP contribution < -0.4 is 15.5 Å². The minimum absolute atomic E-state index is 0.290. The van der Waals surface area contributed by atoms with Gasteiger partial charge in [0.1, 0.15) is 12.4 Å². The van der Waals surface area contributed by atoms with Gasteiger partial charge in [0.15, 0.2) is 0 Å². The van der Waals surface area contributed by atoms with Crippen molar-refractivity contribution in [1.29, 1.82) is 0 Å². The highest BCUT2D eigenvalue weighted by Gasteiger charge is 2.35. The van der Waals surface area contributed by atoms with Gasteiger partial charge in [-0.1, -0.05) is 30.3 Å².